The second-order valence-corrected chi connectivity index (χ2v) is 7.42. The monoisotopic (exact) mass is 472 g/mol. The molecule has 35 heavy (non-hydrogen) atoms. The van der Waals surface area contributed by atoms with Crippen LogP contribution in [0, 0.1) is 10.1 Å². The Morgan fingerprint density at radius 1 is 1.06 bits per heavy atom. The number of benzene rings is 3. The summed E-state index contributed by atoms with van der Waals surface area (Å²) in [6.45, 7) is 2.09. The third-order valence-corrected chi connectivity index (χ3v) is 4.95. The fourth-order valence-corrected chi connectivity index (χ4v) is 3.30. The topological polar surface area (TPSA) is 117 Å². The Labute approximate surface area is 200 Å². The molecule has 3 aromatic carbocycles. The number of nitro groups is 1. The van der Waals surface area contributed by atoms with E-state index in [-0.39, 0.29) is 28.4 Å². The molecule has 0 aliphatic carbocycles. The lowest BCUT2D eigenvalue weighted by atomic mass is 10.1. The number of carbonyl (C=O) groups excluding carboxylic acids is 2. The Hall–Kier alpha value is -4.79. The van der Waals surface area contributed by atoms with Crippen molar-refractivity contribution in [3.05, 3.63) is 105 Å². The maximum atomic E-state index is 12.5. The number of nitro benzene ring substituents is 1. The van der Waals surface area contributed by atoms with E-state index in [4.69, 9.17) is 14.2 Å². The lowest BCUT2D eigenvalue weighted by molar-refractivity contribution is -0.384. The number of hydrogen-bond acceptors (Lipinski definition) is 8. The van der Waals surface area contributed by atoms with Crippen LogP contribution in [0.25, 0.3) is 6.08 Å². The number of rotatable bonds is 8. The number of hydrogen-bond donors (Lipinski definition) is 0. The second kappa shape index (κ2) is 10.4. The highest BCUT2D eigenvalue weighted by molar-refractivity contribution is 6.07. The molecule has 9 nitrogen and oxygen atoms in total. The van der Waals surface area contributed by atoms with Gasteiger partial charge in [-0.3, -0.25) is 10.1 Å². The Kier molecular flexibility index (Phi) is 6.96. The molecule has 4 rings (SSSR count). The van der Waals surface area contributed by atoms with E-state index in [0.717, 1.165) is 5.56 Å². The van der Waals surface area contributed by atoms with Crippen molar-refractivity contribution < 1.29 is 28.7 Å². The first-order valence-corrected chi connectivity index (χ1v) is 10.7. The van der Waals surface area contributed by atoms with Crippen LogP contribution in [-0.4, -0.2) is 29.4 Å². The summed E-state index contributed by atoms with van der Waals surface area (Å²) in [6.07, 6.45) is 1.95. The van der Waals surface area contributed by atoms with Crippen LogP contribution in [0.15, 0.2) is 83.5 Å². The molecular weight excluding hydrogens is 452 g/mol. The molecule has 9 heteroatoms. The summed E-state index contributed by atoms with van der Waals surface area (Å²) in [5.41, 5.74) is 1.74. The zero-order chi connectivity index (χ0) is 24.8. The van der Waals surface area contributed by atoms with Gasteiger partial charge in [-0.25, -0.2) is 14.6 Å². The van der Waals surface area contributed by atoms with Crippen molar-refractivity contribution in [3.8, 4) is 11.5 Å². The van der Waals surface area contributed by atoms with Gasteiger partial charge in [-0.1, -0.05) is 36.4 Å². The SMILES string of the molecule is CCOc1cc(/C=C2/N=C(Cc3ccccc3)OC2=O)ccc1OC(=O)c1ccc([N+](=O)[O-])cc1. The van der Waals surface area contributed by atoms with Gasteiger partial charge in [-0.05, 0) is 48.4 Å². The van der Waals surface area contributed by atoms with E-state index < -0.39 is 16.9 Å². The van der Waals surface area contributed by atoms with Crippen LogP contribution in [0.5, 0.6) is 11.5 Å². The molecule has 0 fully saturated rings. The van der Waals surface area contributed by atoms with Gasteiger partial charge in [-0.15, -0.1) is 0 Å². The summed E-state index contributed by atoms with van der Waals surface area (Å²) in [5, 5.41) is 10.8. The lowest BCUT2D eigenvalue weighted by Crippen LogP contribution is -2.10. The number of cyclic esters (lactones) is 1. The highest BCUT2D eigenvalue weighted by atomic mass is 16.6. The Morgan fingerprint density at radius 2 is 1.80 bits per heavy atom. The molecule has 3 aromatic rings. The van der Waals surface area contributed by atoms with Crippen molar-refractivity contribution in [2.45, 2.75) is 13.3 Å². The first-order chi connectivity index (χ1) is 16.9. The van der Waals surface area contributed by atoms with Gasteiger partial charge < -0.3 is 14.2 Å². The number of esters is 2. The minimum Gasteiger partial charge on any atom is -0.490 e. The number of non-ortho nitro benzene ring substituents is 1. The van der Waals surface area contributed by atoms with Gasteiger partial charge in [0.15, 0.2) is 17.2 Å². The normalized spacial score (nSPS) is 13.8. The van der Waals surface area contributed by atoms with Gasteiger partial charge >= 0.3 is 11.9 Å². The number of aliphatic imine (C=N–C) groups is 1. The van der Waals surface area contributed by atoms with Crippen molar-refractivity contribution in [3.63, 3.8) is 0 Å². The van der Waals surface area contributed by atoms with E-state index in [1.165, 1.54) is 30.3 Å². The Bertz CT molecular complexity index is 1330. The maximum Gasteiger partial charge on any atom is 0.363 e. The third kappa shape index (κ3) is 5.77. The Morgan fingerprint density at radius 3 is 2.49 bits per heavy atom. The van der Waals surface area contributed by atoms with E-state index in [0.29, 0.717) is 24.5 Å². The molecule has 0 bridgehead atoms. The van der Waals surface area contributed by atoms with E-state index in [1.807, 2.05) is 30.3 Å². The highest BCUT2D eigenvalue weighted by Gasteiger charge is 2.23. The second-order valence-electron chi connectivity index (χ2n) is 7.42. The number of ether oxygens (including phenoxy) is 3. The van der Waals surface area contributed by atoms with Crippen LogP contribution in [0.1, 0.15) is 28.4 Å². The van der Waals surface area contributed by atoms with Gasteiger partial charge in [-0.2, -0.15) is 0 Å². The fraction of sp³-hybridized carbons (Fsp3) is 0.115. The molecule has 0 spiro atoms. The number of carbonyl (C=O) groups is 2. The summed E-state index contributed by atoms with van der Waals surface area (Å²) in [4.78, 5) is 39.3. The van der Waals surface area contributed by atoms with E-state index in [9.17, 15) is 19.7 Å². The maximum absolute atomic E-state index is 12.5. The van der Waals surface area contributed by atoms with Crippen LogP contribution in [-0.2, 0) is 16.0 Å². The average Bonchev–Trinajstić information content (AvgIpc) is 3.19. The van der Waals surface area contributed by atoms with Crippen molar-refractivity contribution >= 4 is 29.6 Å². The Balaban J connectivity index is 1.52. The zero-order valence-electron chi connectivity index (χ0n) is 18.7. The summed E-state index contributed by atoms with van der Waals surface area (Å²) in [5.74, 6) is -0.480. The van der Waals surface area contributed by atoms with Crippen LogP contribution in [0.3, 0.4) is 0 Å². The van der Waals surface area contributed by atoms with Gasteiger partial charge in [0.05, 0.1) is 17.1 Å². The summed E-state index contributed by atoms with van der Waals surface area (Å²) < 4.78 is 16.3. The quantitative estimate of drug-likeness (QED) is 0.153. The zero-order valence-corrected chi connectivity index (χ0v) is 18.7. The predicted molar refractivity (Wildman–Crippen MR) is 127 cm³/mol. The first-order valence-electron chi connectivity index (χ1n) is 10.7. The van der Waals surface area contributed by atoms with Gasteiger partial charge in [0.1, 0.15) is 0 Å². The molecule has 1 heterocycles. The molecule has 0 amide bonds. The number of nitrogens with zero attached hydrogens (tertiary/aromatic N) is 2. The van der Waals surface area contributed by atoms with Crippen LogP contribution < -0.4 is 9.47 Å². The fourth-order valence-electron chi connectivity index (χ4n) is 3.30. The molecule has 0 saturated heterocycles. The third-order valence-electron chi connectivity index (χ3n) is 4.95. The van der Waals surface area contributed by atoms with Crippen LogP contribution >= 0.6 is 0 Å². The standard InChI is InChI=1S/C26H20N2O7/c1-2-33-23-15-18(14-21-26(30)35-24(27-21)16-17-6-4-3-5-7-17)8-13-22(23)34-25(29)19-9-11-20(12-10-19)28(31)32/h3-15H,2,16H2,1H3/b21-14+. The summed E-state index contributed by atoms with van der Waals surface area (Å²) in [7, 11) is 0. The van der Waals surface area contributed by atoms with Crippen molar-refractivity contribution in [1.29, 1.82) is 0 Å². The van der Waals surface area contributed by atoms with E-state index in [2.05, 4.69) is 4.99 Å². The smallest absolute Gasteiger partial charge is 0.363 e. The minimum atomic E-state index is -0.693. The van der Waals surface area contributed by atoms with Crippen molar-refractivity contribution in [2.24, 2.45) is 4.99 Å². The largest absolute Gasteiger partial charge is 0.490 e. The molecule has 0 saturated carbocycles. The summed E-state index contributed by atoms with van der Waals surface area (Å²) >= 11 is 0. The van der Waals surface area contributed by atoms with Crippen molar-refractivity contribution in [1.82, 2.24) is 0 Å². The highest BCUT2D eigenvalue weighted by Crippen LogP contribution is 2.31. The predicted octanol–water partition coefficient (Wildman–Crippen LogP) is 4.75. The van der Waals surface area contributed by atoms with E-state index in [1.54, 1.807) is 25.1 Å². The molecule has 0 unspecified atom stereocenters. The first kappa shape index (κ1) is 23.4. The van der Waals surface area contributed by atoms with Crippen molar-refractivity contribution in [2.75, 3.05) is 6.61 Å². The van der Waals surface area contributed by atoms with Gasteiger partial charge in [0.2, 0.25) is 5.90 Å². The van der Waals surface area contributed by atoms with Gasteiger partial charge in [0, 0.05) is 18.6 Å². The summed E-state index contributed by atoms with van der Waals surface area (Å²) in [6, 6.07) is 19.4. The molecule has 1 aliphatic rings. The average molecular weight is 472 g/mol. The van der Waals surface area contributed by atoms with Crippen LogP contribution in [0.2, 0.25) is 0 Å². The molecule has 1 aliphatic heterocycles. The molecule has 0 N–H and O–H groups in total. The van der Waals surface area contributed by atoms with Gasteiger partial charge in [0.25, 0.3) is 5.69 Å². The lowest BCUT2D eigenvalue weighted by Gasteiger charge is -2.11. The van der Waals surface area contributed by atoms with E-state index >= 15 is 0 Å². The molecule has 176 valence electrons. The molecule has 0 aromatic heterocycles. The molecule has 0 radical (unpaired) electrons. The molecular formula is C26H20N2O7. The minimum absolute atomic E-state index is 0.131. The van der Waals surface area contributed by atoms with Crippen LogP contribution in [0.4, 0.5) is 5.69 Å². The molecule has 0 atom stereocenters.